The Morgan fingerprint density at radius 1 is 1.14 bits per heavy atom. The molecular weight excluding hydrogens is 282 g/mol. The van der Waals surface area contributed by atoms with Crippen LogP contribution in [0.2, 0.25) is 0 Å². The number of carbonyl (C=O) groups excluding carboxylic acids is 1. The maximum Gasteiger partial charge on any atom is 0.262 e. The minimum absolute atomic E-state index is 0.124. The van der Waals surface area contributed by atoms with E-state index in [0.29, 0.717) is 11.3 Å². The van der Waals surface area contributed by atoms with E-state index in [4.69, 9.17) is 4.74 Å². The van der Waals surface area contributed by atoms with E-state index < -0.39 is 0 Å². The predicted octanol–water partition coefficient (Wildman–Crippen LogP) is 1.71. The number of pyridine rings is 1. The van der Waals surface area contributed by atoms with Crippen LogP contribution < -0.4 is 15.6 Å². The lowest BCUT2D eigenvalue weighted by molar-refractivity contribution is -0.118. The monoisotopic (exact) mass is 295 g/mol. The molecule has 0 atom stereocenters. The Balaban J connectivity index is 1.69. The molecule has 0 fully saturated rings. The van der Waals surface area contributed by atoms with E-state index in [1.165, 1.54) is 10.5 Å². The summed E-state index contributed by atoms with van der Waals surface area (Å²) in [5.74, 6) is -0.194. The van der Waals surface area contributed by atoms with Gasteiger partial charge in [0, 0.05) is 11.9 Å². The van der Waals surface area contributed by atoms with Crippen molar-refractivity contribution in [2.75, 3.05) is 11.9 Å². The lowest BCUT2D eigenvalue weighted by Crippen LogP contribution is -2.22. The zero-order chi connectivity index (χ0) is 15.4. The van der Waals surface area contributed by atoms with Crippen LogP contribution in [0.4, 0.5) is 5.69 Å². The minimum atomic E-state index is -0.318. The standard InChI is InChI=1S/C16H13N3O3/c20-14(17-12-6-2-1-3-7-12)11-22-15-10-16(21)19-9-5-4-8-13(19)18-15/h1-10H,11H2,(H,17,20). The van der Waals surface area contributed by atoms with Gasteiger partial charge in [0.05, 0.1) is 6.07 Å². The summed E-state index contributed by atoms with van der Waals surface area (Å²) in [5.41, 5.74) is 0.889. The van der Waals surface area contributed by atoms with Gasteiger partial charge in [-0.1, -0.05) is 24.3 Å². The van der Waals surface area contributed by atoms with Crippen LogP contribution in [0, 0.1) is 0 Å². The number of nitrogens with zero attached hydrogens (tertiary/aromatic N) is 2. The summed E-state index contributed by atoms with van der Waals surface area (Å²) in [6, 6.07) is 15.5. The van der Waals surface area contributed by atoms with Gasteiger partial charge >= 0.3 is 0 Å². The van der Waals surface area contributed by atoms with E-state index in [1.807, 2.05) is 18.2 Å². The molecule has 22 heavy (non-hydrogen) atoms. The van der Waals surface area contributed by atoms with Crippen molar-refractivity contribution in [1.82, 2.24) is 9.38 Å². The molecule has 1 aromatic carbocycles. The van der Waals surface area contributed by atoms with E-state index in [1.54, 1.807) is 36.5 Å². The lowest BCUT2D eigenvalue weighted by Gasteiger charge is -2.07. The van der Waals surface area contributed by atoms with Crippen molar-refractivity contribution in [3.8, 4) is 5.88 Å². The van der Waals surface area contributed by atoms with Gasteiger partial charge in [-0.3, -0.25) is 14.0 Å². The first-order valence-corrected chi connectivity index (χ1v) is 6.68. The van der Waals surface area contributed by atoms with Gasteiger partial charge in [0.1, 0.15) is 5.65 Å². The van der Waals surface area contributed by atoms with Crippen molar-refractivity contribution in [2.24, 2.45) is 0 Å². The quantitative estimate of drug-likeness (QED) is 0.795. The molecule has 6 heteroatoms. The molecule has 110 valence electrons. The van der Waals surface area contributed by atoms with Gasteiger partial charge in [0.2, 0.25) is 5.88 Å². The molecule has 0 aliphatic heterocycles. The van der Waals surface area contributed by atoms with Gasteiger partial charge in [0.25, 0.3) is 11.5 Å². The highest BCUT2D eigenvalue weighted by Crippen LogP contribution is 2.07. The van der Waals surface area contributed by atoms with E-state index in [0.717, 1.165) is 0 Å². The molecule has 1 N–H and O–H groups in total. The van der Waals surface area contributed by atoms with Gasteiger partial charge in [-0.05, 0) is 24.3 Å². The second-order valence-electron chi connectivity index (χ2n) is 4.56. The van der Waals surface area contributed by atoms with Gasteiger partial charge in [0.15, 0.2) is 6.61 Å². The van der Waals surface area contributed by atoms with Crippen LogP contribution in [0.25, 0.3) is 5.65 Å². The number of ether oxygens (including phenoxy) is 1. The summed E-state index contributed by atoms with van der Waals surface area (Å²) in [5, 5.41) is 2.69. The molecule has 0 radical (unpaired) electrons. The number of hydrogen-bond donors (Lipinski definition) is 1. The molecule has 0 saturated carbocycles. The third-order valence-corrected chi connectivity index (χ3v) is 2.96. The zero-order valence-electron chi connectivity index (χ0n) is 11.6. The summed E-state index contributed by atoms with van der Waals surface area (Å²) in [7, 11) is 0. The van der Waals surface area contributed by atoms with E-state index in [2.05, 4.69) is 10.3 Å². The lowest BCUT2D eigenvalue weighted by atomic mass is 10.3. The number of nitrogens with one attached hydrogen (secondary N) is 1. The molecule has 0 unspecified atom stereocenters. The number of anilines is 1. The number of aromatic nitrogens is 2. The Kier molecular flexibility index (Phi) is 3.82. The summed E-state index contributed by atoms with van der Waals surface area (Å²) < 4.78 is 6.69. The van der Waals surface area contributed by atoms with Crippen molar-refractivity contribution in [2.45, 2.75) is 0 Å². The first-order chi connectivity index (χ1) is 10.7. The molecule has 0 saturated heterocycles. The molecule has 2 heterocycles. The van der Waals surface area contributed by atoms with Crippen LogP contribution >= 0.6 is 0 Å². The van der Waals surface area contributed by atoms with Crippen molar-refractivity contribution in [1.29, 1.82) is 0 Å². The van der Waals surface area contributed by atoms with Crippen molar-refractivity contribution < 1.29 is 9.53 Å². The Labute approximate surface area is 126 Å². The number of hydrogen-bond acceptors (Lipinski definition) is 4. The van der Waals surface area contributed by atoms with Crippen LogP contribution in [0.5, 0.6) is 5.88 Å². The molecule has 0 aliphatic rings. The van der Waals surface area contributed by atoms with E-state index in [-0.39, 0.29) is 24.0 Å². The molecule has 6 nitrogen and oxygen atoms in total. The molecule has 0 aliphatic carbocycles. The molecule has 2 aromatic heterocycles. The summed E-state index contributed by atoms with van der Waals surface area (Å²) >= 11 is 0. The molecular formula is C16H13N3O3. The molecule has 3 aromatic rings. The zero-order valence-corrected chi connectivity index (χ0v) is 11.6. The first kappa shape index (κ1) is 13.8. The fourth-order valence-electron chi connectivity index (χ4n) is 1.96. The highest BCUT2D eigenvalue weighted by atomic mass is 16.5. The Morgan fingerprint density at radius 3 is 2.73 bits per heavy atom. The maximum atomic E-state index is 11.9. The first-order valence-electron chi connectivity index (χ1n) is 6.68. The number of fused-ring (bicyclic) bond motifs is 1. The van der Waals surface area contributed by atoms with E-state index in [9.17, 15) is 9.59 Å². The normalized spacial score (nSPS) is 10.4. The van der Waals surface area contributed by atoms with Crippen molar-refractivity contribution in [3.05, 3.63) is 71.1 Å². The second kappa shape index (κ2) is 6.09. The number of carbonyl (C=O) groups is 1. The number of para-hydroxylation sites is 1. The number of amides is 1. The van der Waals surface area contributed by atoms with Gasteiger partial charge in [-0.25, -0.2) is 0 Å². The fourth-order valence-corrected chi connectivity index (χ4v) is 1.96. The molecule has 0 bridgehead atoms. The number of benzene rings is 1. The Hall–Kier alpha value is -3.15. The molecule has 3 rings (SSSR count). The van der Waals surface area contributed by atoms with Crippen LogP contribution in [0.15, 0.2) is 65.6 Å². The average Bonchev–Trinajstić information content (AvgIpc) is 2.54. The number of rotatable bonds is 4. The average molecular weight is 295 g/mol. The summed E-state index contributed by atoms with van der Waals surface area (Å²) in [6.07, 6.45) is 1.62. The maximum absolute atomic E-state index is 11.9. The second-order valence-corrected chi connectivity index (χ2v) is 4.56. The highest BCUT2D eigenvalue weighted by Gasteiger charge is 2.06. The van der Waals surface area contributed by atoms with Gasteiger partial charge in [-0.2, -0.15) is 4.98 Å². The van der Waals surface area contributed by atoms with Crippen LogP contribution in [0.3, 0.4) is 0 Å². The summed E-state index contributed by atoms with van der Waals surface area (Å²) in [4.78, 5) is 27.8. The van der Waals surface area contributed by atoms with Crippen LogP contribution in [0.1, 0.15) is 0 Å². The minimum Gasteiger partial charge on any atom is -0.467 e. The highest BCUT2D eigenvalue weighted by molar-refractivity contribution is 5.91. The topological polar surface area (TPSA) is 72.7 Å². The largest absolute Gasteiger partial charge is 0.467 e. The molecule has 0 spiro atoms. The Morgan fingerprint density at radius 2 is 1.91 bits per heavy atom. The van der Waals surface area contributed by atoms with Crippen LogP contribution in [-0.4, -0.2) is 21.9 Å². The van der Waals surface area contributed by atoms with E-state index >= 15 is 0 Å². The third kappa shape index (κ3) is 3.12. The van der Waals surface area contributed by atoms with Crippen LogP contribution in [-0.2, 0) is 4.79 Å². The van der Waals surface area contributed by atoms with Gasteiger partial charge < -0.3 is 10.1 Å². The fraction of sp³-hybridized carbons (Fsp3) is 0.0625. The smallest absolute Gasteiger partial charge is 0.262 e. The van der Waals surface area contributed by atoms with Crippen molar-refractivity contribution >= 4 is 17.2 Å². The summed E-state index contributed by atoms with van der Waals surface area (Å²) in [6.45, 7) is -0.218. The third-order valence-electron chi connectivity index (χ3n) is 2.96. The van der Waals surface area contributed by atoms with Crippen molar-refractivity contribution in [3.63, 3.8) is 0 Å². The molecule has 1 amide bonds. The SMILES string of the molecule is O=C(COc1cc(=O)n2ccccc2n1)Nc1ccccc1. The predicted molar refractivity (Wildman–Crippen MR) is 82.0 cm³/mol. The van der Waals surface area contributed by atoms with Gasteiger partial charge in [-0.15, -0.1) is 0 Å². The Bertz CT molecular complexity index is 859.